The molecular formula is C16H17BrN2OS. The van der Waals surface area contributed by atoms with Crippen molar-refractivity contribution in [2.24, 2.45) is 0 Å². The molecule has 0 saturated carbocycles. The number of hydrogen-bond acceptors (Lipinski definition) is 3. The van der Waals surface area contributed by atoms with Crippen molar-refractivity contribution in [1.82, 2.24) is 4.98 Å². The van der Waals surface area contributed by atoms with Crippen LogP contribution in [-0.2, 0) is 12.8 Å². The van der Waals surface area contributed by atoms with Crippen LogP contribution in [-0.4, -0.2) is 10.9 Å². The molecule has 1 aliphatic rings. The molecule has 0 bridgehead atoms. The fourth-order valence-electron chi connectivity index (χ4n) is 2.60. The molecule has 0 atom stereocenters. The van der Waals surface area contributed by atoms with E-state index in [1.807, 2.05) is 13.0 Å². The number of aryl methyl sites for hydroxylation is 3. The molecule has 0 spiro atoms. The largest absolute Gasteiger partial charge is 0.320 e. The van der Waals surface area contributed by atoms with Gasteiger partial charge in [0, 0.05) is 4.88 Å². The average Bonchev–Trinajstić information content (AvgIpc) is 2.74. The fourth-order valence-corrected chi connectivity index (χ4v) is 3.96. The molecule has 1 N–H and O–H groups in total. The molecule has 0 unspecified atom stereocenters. The van der Waals surface area contributed by atoms with Crippen LogP contribution in [0.1, 0.15) is 44.9 Å². The number of halogens is 1. The van der Waals surface area contributed by atoms with Crippen molar-refractivity contribution in [3.63, 3.8) is 0 Å². The van der Waals surface area contributed by atoms with Gasteiger partial charge >= 0.3 is 0 Å². The Morgan fingerprint density at radius 3 is 2.90 bits per heavy atom. The van der Waals surface area contributed by atoms with Crippen molar-refractivity contribution in [3.05, 3.63) is 43.8 Å². The van der Waals surface area contributed by atoms with Crippen LogP contribution in [0.3, 0.4) is 0 Å². The van der Waals surface area contributed by atoms with E-state index in [1.165, 1.54) is 29.7 Å². The third-order valence-electron chi connectivity index (χ3n) is 3.74. The van der Waals surface area contributed by atoms with Gasteiger partial charge in [0.05, 0.1) is 16.8 Å². The molecular weight excluding hydrogens is 348 g/mol. The van der Waals surface area contributed by atoms with E-state index in [-0.39, 0.29) is 5.91 Å². The number of carbonyl (C=O) groups is 1. The van der Waals surface area contributed by atoms with Gasteiger partial charge in [0.15, 0.2) is 0 Å². The minimum atomic E-state index is -0.0309. The maximum Gasteiger partial charge on any atom is 0.265 e. The Hall–Kier alpha value is -1.20. The van der Waals surface area contributed by atoms with Crippen molar-refractivity contribution in [2.45, 2.75) is 39.0 Å². The molecule has 0 fully saturated rings. The van der Waals surface area contributed by atoms with Gasteiger partial charge in [-0.2, -0.15) is 0 Å². The van der Waals surface area contributed by atoms with Crippen LogP contribution < -0.4 is 5.32 Å². The number of carbonyl (C=O) groups excluding carboxylic acids is 1. The summed E-state index contributed by atoms with van der Waals surface area (Å²) in [6.45, 7) is 1.96. The molecule has 2 aromatic heterocycles. The number of nitrogens with one attached hydrogen (secondary N) is 1. The first kappa shape index (κ1) is 14.7. The molecule has 3 nitrogen and oxygen atoms in total. The maximum absolute atomic E-state index is 12.4. The van der Waals surface area contributed by atoms with Gasteiger partial charge in [-0.1, -0.05) is 6.42 Å². The molecule has 0 aliphatic heterocycles. The van der Waals surface area contributed by atoms with Gasteiger partial charge in [0.1, 0.15) is 4.60 Å². The van der Waals surface area contributed by atoms with E-state index in [0.29, 0.717) is 0 Å². The zero-order valence-electron chi connectivity index (χ0n) is 11.9. The normalized spacial score (nSPS) is 14.4. The van der Waals surface area contributed by atoms with Crippen molar-refractivity contribution in [3.8, 4) is 0 Å². The topological polar surface area (TPSA) is 42.0 Å². The smallest absolute Gasteiger partial charge is 0.265 e. The monoisotopic (exact) mass is 364 g/mol. The third kappa shape index (κ3) is 3.35. The summed E-state index contributed by atoms with van der Waals surface area (Å²) >= 11 is 5.01. The van der Waals surface area contributed by atoms with Gasteiger partial charge in [0.25, 0.3) is 5.91 Å². The first-order chi connectivity index (χ1) is 10.1. The lowest BCUT2D eigenvalue weighted by molar-refractivity contribution is 0.103. The maximum atomic E-state index is 12.4. The lowest BCUT2D eigenvalue weighted by Crippen LogP contribution is -2.10. The molecule has 110 valence electrons. The number of hydrogen-bond donors (Lipinski definition) is 1. The van der Waals surface area contributed by atoms with E-state index < -0.39 is 0 Å². The first-order valence-electron chi connectivity index (χ1n) is 7.18. The highest BCUT2D eigenvalue weighted by molar-refractivity contribution is 9.10. The van der Waals surface area contributed by atoms with E-state index in [9.17, 15) is 4.79 Å². The second-order valence-corrected chi connectivity index (χ2v) is 7.29. The van der Waals surface area contributed by atoms with Gasteiger partial charge < -0.3 is 5.32 Å². The highest BCUT2D eigenvalue weighted by Crippen LogP contribution is 2.29. The van der Waals surface area contributed by atoms with Crippen LogP contribution >= 0.6 is 27.3 Å². The number of anilines is 1. The molecule has 2 aromatic rings. The van der Waals surface area contributed by atoms with Crippen LogP contribution in [0.4, 0.5) is 5.69 Å². The second kappa shape index (κ2) is 6.28. The quantitative estimate of drug-likeness (QED) is 0.617. The molecule has 2 heterocycles. The molecule has 1 amide bonds. The predicted octanol–water partition coefficient (Wildman–Crippen LogP) is 4.74. The van der Waals surface area contributed by atoms with Gasteiger partial charge in [-0.15, -0.1) is 11.3 Å². The van der Waals surface area contributed by atoms with Gasteiger partial charge in [-0.05, 0) is 71.8 Å². The molecule has 21 heavy (non-hydrogen) atoms. The Morgan fingerprint density at radius 1 is 1.29 bits per heavy atom. The number of thiophene rings is 1. The predicted molar refractivity (Wildman–Crippen MR) is 90.2 cm³/mol. The second-order valence-electron chi connectivity index (χ2n) is 5.41. The van der Waals surface area contributed by atoms with Crippen LogP contribution in [0.15, 0.2) is 22.9 Å². The minimum Gasteiger partial charge on any atom is -0.320 e. The van der Waals surface area contributed by atoms with Crippen LogP contribution in [0.5, 0.6) is 0 Å². The minimum absolute atomic E-state index is 0.0309. The average molecular weight is 365 g/mol. The van der Waals surface area contributed by atoms with Crippen molar-refractivity contribution >= 4 is 38.9 Å². The van der Waals surface area contributed by atoms with E-state index in [2.05, 4.69) is 32.3 Å². The summed E-state index contributed by atoms with van der Waals surface area (Å²) < 4.78 is 0.809. The summed E-state index contributed by atoms with van der Waals surface area (Å²) in [6, 6.07) is 3.99. The Balaban J connectivity index is 1.77. The standard InChI is InChI=1S/C16H17BrN2OS/c1-10-7-12(9-18-15(10)17)19-16(20)14-8-11-5-3-2-4-6-13(11)21-14/h7-9H,2-6H2,1H3,(H,19,20). The Morgan fingerprint density at radius 2 is 2.10 bits per heavy atom. The summed E-state index contributed by atoms with van der Waals surface area (Å²) in [6.07, 6.45) is 7.68. The highest BCUT2D eigenvalue weighted by Gasteiger charge is 2.16. The van der Waals surface area contributed by atoms with E-state index in [0.717, 1.165) is 33.6 Å². The third-order valence-corrected chi connectivity index (χ3v) is 5.81. The number of pyridine rings is 1. The van der Waals surface area contributed by atoms with Crippen LogP contribution in [0.2, 0.25) is 0 Å². The summed E-state index contributed by atoms with van der Waals surface area (Å²) in [5.74, 6) is -0.0309. The van der Waals surface area contributed by atoms with Gasteiger partial charge in [0.2, 0.25) is 0 Å². The lowest BCUT2D eigenvalue weighted by Gasteiger charge is -2.05. The number of amides is 1. The van der Waals surface area contributed by atoms with E-state index in [1.54, 1.807) is 17.5 Å². The van der Waals surface area contributed by atoms with Gasteiger partial charge in [-0.3, -0.25) is 4.79 Å². The zero-order valence-corrected chi connectivity index (χ0v) is 14.3. The summed E-state index contributed by atoms with van der Waals surface area (Å²) in [7, 11) is 0. The number of fused-ring (bicyclic) bond motifs is 1. The SMILES string of the molecule is Cc1cc(NC(=O)c2cc3c(s2)CCCCC3)cnc1Br. The summed E-state index contributed by atoms with van der Waals surface area (Å²) in [4.78, 5) is 18.8. The van der Waals surface area contributed by atoms with Crippen molar-refractivity contribution in [2.75, 3.05) is 5.32 Å². The number of rotatable bonds is 2. The molecule has 3 rings (SSSR count). The molecule has 0 saturated heterocycles. The van der Waals surface area contributed by atoms with Crippen LogP contribution in [0.25, 0.3) is 0 Å². The fraction of sp³-hybridized carbons (Fsp3) is 0.375. The van der Waals surface area contributed by atoms with Crippen molar-refractivity contribution < 1.29 is 4.79 Å². The van der Waals surface area contributed by atoms with E-state index in [4.69, 9.17) is 0 Å². The Labute approximate surface area is 136 Å². The summed E-state index contributed by atoms with van der Waals surface area (Å²) in [5, 5.41) is 2.94. The van der Waals surface area contributed by atoms with Gasteiger partial charge in [-0.25, -0.2) is 4.98 Å². The Kier molecular flexibility index (Phi) is 4.40. The van der Waals surface area contributed by atoms with E-state index >= 15 is 0 Å². The summed E-state index contributed by atoms with van der Waals surface area (Å²) in [5.41, 5.74) is 3.12. The van der Waals surface area contributed by atoms with Crippen LogP contribution in [0, 0.1) is 6.92 Å². The molecule has 1 aliphatic carbocycles. The lowest BCUT2D eigenvalue weighted by atomic mass is 10.1. The highest BCUT2D eigenvalue weighted by atomic mass is 79.9. The molecule has 0 aromatic carbocycles. The number of aromatic nitrogens is 1. The molecule has 0 radical (unpaired) electrons. The number of nitrogens with zero attached hydrogens (tertiary/aromatic N) is 1. The Bertz CT molecular complexity index is 657. The molecule has 5 heteroatoms. The zero-order chi connectivity index (χ0) is 14.8. The first-order valence-corrected chi connectivity index (χ1v) is 8.79. The van der Waals surface area contributed by atoms with Crippen molar-refractivity contribution in [1.29, 1.82) is 0 Å².